The molecule has 152 valence electrons. The molecule has 2 fully saturated rings. The van der Waals surface area contributed by atoms with Crippen LogP contribution in [0.3, 0.4) is 0 Å². The number of nitrogens with two attached hydrogens (primary N) is 1. The normalized spacial score (nSPS) is 31.8. The van der Waals surface area contributed by atoms with Crippen LogP contribution in [0.2, 0.25) is 0 Å². The van der Waals surface area contributed by atoms with E-state index in [2.05, 4.69) is 15.0 Å². The Kier molecular flexibility index (Phi) is 4.59. The van der Waals surface area contributed by atoms with Gasteiger partial charge < -0.3 is 20.5 Å². The average Bonchev–Trinajstić information content (AvgIpc) is 3.20. The number of aliphatic hydroxyl groups is 1. The number of ether oxygens (including phenoxy) is 1. The maximum Gasteiger partial charge on any atom is 0.472 e. The summed E-state index contributed by atoms with van der Waals surface area (Å²) >= 11 is 1.33. The molecule has 29 heavy (non-hydrogen) atoms. The van der Waals surface area contributed by atoms with Gasteiger partial charge in [-0.3, -0.25) is 13.6 Å². The van der Waals surface area contributed by atoms with E-state index in [0.717, 1.165) is 4.90 Å². The summed E-state index contributed by atoms with van der Waals surface area (Å²) in [6.45, 7) is -0.184. The maximum absolute atomic E-state index is 11.8. The van der Waals surface area contributed by atoms with Gasteiger partial charge in [0, 0.05) is 4.90 Å². The van der Waals surface area contributed by atoms with E-state index in [1.807, 2.05) is 30.3 Å². The van der Waals surface area contributed by atoms with E-state index in [9.17, 15) is 14.6 Å². The van der Waals surface area contributed by atoms with Crippen molar-refractivity contribution >= 4 is 36.6 Å². The van der Waals surface area contributed by atoms with Gasteiger partial charge in [0.25, 0.3) is 0 Å². The lowest BCUT2D eigenvalue weighted by Crippen LogP contribution is -2.39. The van der Waals surface area contributed by atoms with Crippen LogP contribution in [0.1, 0.15) is 6.23 Å². The summed E-state index contributed by atoms with van der Waals surface area (Å²) in [6.07, 6.45) is -2.69. The number of imidazole rings is 1. The van der Waals surface area contributed by atoms with Gasteiger partial charge in [0.05, 0.1) is 6.61 Å². The zero-order valence-corrected chi connectivity index (χ0v) is 16.4. The molecule has 1 aromatic carbocycles. The zero-order valence-electron chi connectivity index (χ0n) is 14.7. The van der Waals surface area contributed by atoms with Crippen molar-refractivity contribution in [3.05, 3.63) is 36.7 Å². The quantitative estimate of drug-likeness (QED) is 0.508. The summed E-state index contributed by atoms with van der Waals surface area (Å²) in [4.78, 5) is 23.3. The second-order valence-corrected chi connectivity index (χ2v) is 8.95. The number of aromatic nitrogens is 4. The van der Waals surface area contributed by atoms with Crippen molar-refractivity contribution in [1.82, 2.24) is 19.5 Å². The third-order valence-corrected chi connectivity index (χ3v) is 6.61. The lowest BCUT2D eigenvalue weighted by molar-refractivity contribution is -0.0684. The number of anilines is 1. The standard InChI is InChI=1S/C16H16N5O6PS/c17-13-10-14(19-7-18-13)21(16(20-10)29-8-4-2-1-3-5-8)15-11(22)12-9(26-15)6-25-28(23,24)27-12/h1-5,7,9,11-12,15,22H,6H2,(H,23,24)(H2,17,18,19). The Morgan fingerprint density at radius 3 is 2.86 bits per heavy atom. The molecule has 0 saturated carbocycles. The predicted molar refractivity (Wildman–Crippen MR) is 101 cm³/mol. The van der Waals surface area contributed by atoms with Crippen LogP contribution in [0.5, 0.6) is 0 Å². The molecule has 5 rings (SSSR count). The molecule has 4 heterocycles. The van der Waals surface area contributed by atoms with Crippen molar-refractivity contribution in [3.8, 4) is 0 Å². The van der Waals surface area contributed by atoms with E-state index in [0.29, 0.717) is 16.3 Å². The van der Waals surface area contributed by atoms with Crippen molar-refractivity contribution in [3.63, 3.8) is 0 Å². The highest BCUT2D eigenvalue weighted by molar-refractivity contribution is 7.99. The molecular formula is C16H16N5O6PS. The van der Waals surface area contributed by atoms with E-state index < -0.39 is 32.4 Å². The number of hydrogen-bond acceptors (Lipinski definition) is 10. The first-order valence-corrected chi connectivity index (χ1v) is 10.9. The Morgan fingerprint density at radius 1 is 1.28 bits per heavy atom. The van der Waals surface area contributed by atoms with Crippen molar-refractivity contribution in [2.45, 2.75) is 34.6 Å². The SMILES string of the molecule is Nc1ncnc2c1nc(Sc1ccccc1)n2C1OC2COP(=O)(O)OC2C1O. The molecule has 13 heteroatoms. The number of phosphoric acid groups is 1. The highest BCUT2D eigenvalue weighted by Gasteiger charge is 2.53. The van der Waals surface area contributed by atoms with Gasteiger partial charge in [0.2, 0.25) is 0 Å². The van der Waals surface area contributed by atoms with E-state index in [-0.39, 0.29) is 12.4 Å². The van der Waals surface area contributed by atoms with Crippen molar-refractivity contribution < 1.29 is 28.3 Å². The monoisotopic (exact) mass is 437 g/mol. The van der Waals surface area contributed by atoms with Crippen molar-refractivity contribution in [2.75, 3.05) is 12.3 Å². The lowest BCUT2D eigenvalue weighted by Gasteiger charge is -2.27. The first kappa shape index (κ1) is 18.9. The van der Waals surface area contributed by atoms with Crippen molar-refractivity contribution in [2.24, 2.45) is 0 Å². The number of aliphatic hydroxyl groups excluding tert-OH is 1. The summed E-state index contributed by atoms with van der Waals surface area (Å²) < 4.78 is 29.1. The van der Waals surface area contributed by atoms with Crippen LogP contribution in [-0.2, 0) is 18.3 Å². The topological polar surface area (TPSA) is 155 Å². The number of fused-ring (bicyclic) bond motifs is 2. The van der Waals surface area contributed by atoms with Crippen LogP contribution in [0.4, 0.5) is 5.82 Å². The molecule has 0 aliphatic carbocycles. The summed E-state index contributed by atoms with van der Waals surface area (Å²) in [6, 6.07) is 9.50. The number of nitrogens with zero attached hydrogens (tertiary/aromatic N) is 4. The average molecular weight is 437 g/mol. The maximum atomic E-state index is 11.8. The minimum absolute atomic E-state index is 0.184. The van der Waals surface area contributed by atoms with Crippen LogP contribution in [0.15, 0.2) is 46.7 Å². The Labute approximate surface area is 168 Å². The fraction of sp³-hybridized carbons (Fsp3) is 0.312. The summed E-state index contributed by atoms with van der Waals surface area (Å²) in [5.41, 5.74) is 6.69. The van der Waals surface area contributed by atoms with E-state index >= 15 is 0 Å². The largest absolute Gasteiger partial charge is 0.472 e. The number of rotatable bonds is 3. The Hall–Kier alpha value is -2.05. The first-order valence-electron chi connectivity index (χ1n) is 8.63. The van der Waals surface area contributed by atoms with E-state index in [1.54, 1.807) is 4.57 Å². The van der Waals surface area contributed by atoms with Gasteiger partial charge in [-0.05, 0) is 12.1 Å². The lowest BCUT2D eigenvalue weighted by atomic mass is 10.1. The second-order valence-electron chi connectivity index (χ2n) is 6.50. The van der Waals surface area contributed by atoms with Gasteiger partial charge in [0.15, 0.2) is 28.4 Å². The Balaban J connectivity index is 1.59. The molecule has 2 saturated heterocycles. The fourth-order valence-electron chi connectivity index (χ4n) is 3.35. The number of phosphoric ester groups is 1. The second kappa shape index (κ2) is 7.03. The summed E-state index contributed by atoms with van der Waals surface area (Å²) in [7, 11) is -4.24. The van der Waals surface area contributed by atoms with E-state index in [1.165, 1.54) is 18.1 Å². The summed E-state index contributed by atoms with van der Waals surface area (Å²) in [5, 5.41) is 11.3. The van der Waals surface area contributed by atoms with Gasteiger partial charge in [-0.15, -0.1) is 0 Å². The van der Waals surface area contributed by atoms with Crippen LogP contribution >= 0.6 is 19.6 Å². The highest BCUT2D eigenvalue weighted by Crippen LogP contribution is 2.53. The van der Waals surface area contributed by atoms with Crippen LogP contribution in [0, 0.1) is 0 Å². The molecule has 0 spiro atoms. The van der Waals surface area contributed by atoms with Crippen LogP contribution in [0.25, 0.3) is 11.2 Å². The third kappa shape index (κ3) is 3.32. The van der Waals surface area contributed by atoms with Gasteiger partial charge in [-0.2, -0.15) is 0 Å². The molecule has 5 atom stereocenters. The molecule has 2 aromatic heterocycles. The Bertz CT molecular complexity index is 1110. The molecule has 0 bridgehead atoms. The first-order chi connectivity index (χ1) is 13.9. The number of nitrogen functional groups attached to an aromatic ring is 1. The molecule has 2 aliphatic heterocycles. The van der Waals surface area contributed by atoms with Crippen LogP contribution in [-0.4, -0.2) is 54.4 Å². The molecule has 5 unspecified atom stereocenters. The van der Waals surface area contributed by atoms with Crippen molar-refractivity contribution in [1.29, 1.82) is 0 Å². The fourth-order valence-corrected chi connectivity index (χ4v) is 5.24. The molecule has 11 nitrogen and oxygen atoms in total. The number of benzene rings is 1. The molecular weight excluding hydrogens is 421 g/mol. The molecule has 3 aromatic rings. The minimum atomic E-state index is -4.24. The third-order valence-electron chi connectivity index (χ3n) is 4.65. The van der Waals surface area contributed by atoms with Crippen LogP contribution < -0.4 is 5.73 Å². The van der Waals surface area contributed by atoms with Gasteiger partial charge in [-0.1, -0.05) is 30.0 Å². The predicted octanol–water partition coefficient (Wildman–Crippen LogP) is 1.33. The summed E-state index contributed by atoms with van der Waals surface area (Å²) in [5.74, 6) is 0.188. The smallest absolute Gasteiger partial charge is 0.386 e. The zero-order chi connectivity index (χ0) is 20.2. The molecule has 0 radical (unpaired) electrons. The molecule has 0 amide bonds. The van der Waals surface area contributed by atoms with E-state index in [4.69, 9.17) is 19.5 Å². The number of hydrogen-bond donors (Lipinski definition) is 3. The molecule has 4 N–H and O–H groups in total. The highest BCUT2D eigenvalue weighted by atomic mass is 32.2. The van der Waals surface area contributed by atoms with Gasteiger partial charge >= 0.3 is 7.82 Å². The van der Waals surface area contributed by atoms with Gasteiger partial charge in [0.1, 0.15) is 24.6 Å². The minimum Gasteiger partial charge on any atom is -0.386 e. The Morgan fingerprint density at radius 2 is 2.07 bits per heavy atom. The van der Waals surface area contributed by atoms with Gasteiger partial charge in [-0.25, -0.2) is 19.5 Å². The molecule has 2 aliphatic rings.